The molecule has 0 unspecified atom stereocenters. The Morgan fingerprint density at radius 1 is 1.22 bits per heavy atom. The molecule has 4 nitrogen and oxygen atoms in total. The van der Waals surface area contributed by atoms with Gasteiger partial charge in [0, 0.05) is 19.1 Å². The fraction of sp³-hybridized carbons (Fsp3) is 0.929. The van der Waals surface area contributed by atoms with E-state index >= 15 is 0 Å². The van der Waals surface area contributed by atoms with E-state index in [4.69, 9.17) is 5.73 Å². The molecule has 18 heavy (non-hydrogen) atoms. The first kappa shape index (κ1) is 13.8. The number of nitrogens with two attached hydrogens (primary N) is 1. The smallest absolute Gasteiger partial charge is 0.239 e. The number of likely N-dealkylation sites (tertiary alicyclic amines) is 2. The molecule has 0 radical (unpaired) electrons. The maximum absolute atomic E-state index is 12.6. The van der Waals surface area contributed by atoms with Gasteiger partial charge >= 0.3 is 0 Å². The second kappa shape index (κ2) is 6.53. The summed E-state index contributed by atoms with van der Waals surface area (Å²) >= 11 is 0. The Labute approximate surface area is 110 Å². The van der Waals surface area contributed by atoms with Crippen LogP contribution in [0.25, 0.3) is 0 Å². The second-order valence-corrected chi connectivity index (χ2v) is 5.73. The molecular weight excluding hydrogens is 226 g/mol. The Balaban J connectivity index is 1.96. The van der Waals surface area contributed by atoms with Crippen LogP contribution in [0.15, 0.2) is 0 Å². The number of rotatable bonds is 3. The van der Waals surface area contributed by atoms with Crippen LogP contribution in [0, 0.1) is 0 Å². The number of hydrogen-bond donors (Lipinski definition) is 1. The second-order valence-electron chi connectivity index (χ2n) is 5.73. The normalized spacial score (nSPS) is 30.4. The van der Waals surface area contributed by atoms with Crippen molar-refractivity contribution in [2.75, 3.05) is 26.2 Å². The van der Waals surface area contributed by atoms with Gasteiger partial charge in [-0.15, -0.1) is 0 Å². The maximum atomic E-state index is 12.6. The predicted octanol–water partition coefficient (Wildman–Crippen LogP) is 1.20. The van der Waals surface area contributed by atoms with Gasteiger partial charge in [0.1, 0.15) is 0 Å². The van der Waals surface area contributed by atoms with Crippen molar-refractivity contribution in [1.29, 1.82) is 0 Å². The molecule has 0 aromatic rings. The Bertz CT molecular complexity index is 280. The summed E-state index contributed by atoms with van der Waals surface area (Å²) in [6.07, 6.45) is 6.72. The number of carbonyl (C=O) groups excluding carboxylic acids is 1. The Morgan fingerprint density at radius 3 is 2.78 bits per heavy atom. The molecule has 104 valence electrons. The van der Waals surface area contributed by atoms with Gasteiger partial charge in [-0.25, -0.2) is 0 Å². The van der Waals surface area contributed by atoms with E-state index in [1.54, 1.807) is 0 Å². The minimum Gasteiger partial charge on any atom is -0.340 e. The topological polar surface area (TPSA) is 49.6 Å². The molecular formula is C14H27N3O. The number of hydrogen-bond acceptors (Lipinski definition) is 3. The molecule has 0 bridgehead atoms. The Kier molecular flexibility index (Phi) is 5.01. The minimum atomic E-state index is 0.129. The molecule has 2 atom stereocenters. The van der Waals surface area contributed by atoms with Crippen molar-refractivity contribution >= 4 is 5.91 Å². The number of nitrogens with zero attached hydrogens (tertiary/aromatic N) is 2. The first-order valence-electron chi connectivity index (χ1n) is 7.50. The molecule has 2 saturated heterocycles. The van der Waals surface area contributed by atoms with Gasteiger partial charge in [0.15, 0.2) is 0 Å². The van der Waals surface area contributed by atoms with Crippen molar-refractivity contribution in [3.8, 4) is 0 Å². The van der Waals surface area contributed by atoms with Gasteiger partial charge < -0.3 is 10.6 Å². The van der Waals surface area contributed by atoms with Crippen LogP contribution in [0.1, 0.15) is 45.4 Å². The fourth-order valence-corrected chi connectivity index (χ4v) is 3.25. The lowest BCUT2D eigenvalue weighted by molar-refractivity contribution is -0.139. The highest BCUT2D eigenvalue weighted by molar-refractivity contribution is 5.82. The van der Waals surface area contributed by atoms with E-state index in [2.05, 4.69) is 11.8 Å². The summed E-state index contributed by atoms with van der Waals surface area (Å²) in [5, 5.41) is 0. The number of carbonyl (C=O) groups is 1. The van der Waals surface area contributed by atoms with E-state index in [-0.39, 0.29) is 12.1 Å². The van der Waals surface area contributed by atoms with E-state index in [0.717, 1.165) is 51.9 Å². The minimum absolute atomic E-state index is 0.129. The Hall–Kier alpha value is -0.610. The first-order chi connectivity index (χ1) is 8.72. The van der Waals surface area contributed by atoms with Crippen LogP contribution in [0.3, 0.4) is 0 Å². The lowest BCUT2D eigenvalue weighted by atomic mass is 9.98. The van der Waals surface area contributed by atoms with Crippen molar-refractivity contribution in [2.45, 2.75) is 57.5 Å². The molecule has 0 aromatic carbocycles. The van der Waals surface area contributed by atoms with Crippen LogP contribution >= 0.6 is 0 Å². The van der Waals surface area contributed by atoms with Crippen molar-refractivity contribution in [1.82, 2.24) is 9.80 Å². The maximum Gasteiger partial charge on any atom is 0.239 e. The van der Waals surface area contributed by atoms with Crippen LogP contribution in [-0.2, 0) is 4.79 Å². The zero-order valence-electron chi connectivity index (χ0n) is 11.6. The van der Waals surface area contributed by atoms with E-state index < -0.39 is 0 Å². The van der Waals surface area contributed by atoms with E-state index in [0.29, 0.717) is 5.91 Å². The molecule has 2 N–H and O–H groups in total. The predicted molar refractivity (Wildman–Crippen MR) is 73.3 cm³/mol. The van der Waals surface area contributed by atoms with Crippen molar-refractivity contribution < 1.29 is 4.79 Å². The van der Waals surface area contributed by atoms with Crippen molar-refractivity contribution in [3.05, 3.63) is 0 Å². The third-order valence-electron chi connectivity index (χ3n) is 4.18. The molecule has 4 heteroatoms. The molecule has 1 amide bonds. The highest BCUT2D eigenvalue weighted by atomic mass is 16.2. The SMILES string of the molecule is CCCN1CCCC[C@H]1C(=O)N1CCC[C@@H](N)C1. The van der Waals surface area contributed by atoms with Crippen LogP contribution in [0.2, 0.25) is 0 Å². The van der Waals surface area contributed by atoms with Gasteiger partial charge in [-0.2, -0.15) is 0 Å². The zero-order chi connectivity index (χ0) is 13.0. The summed E-state index contributed by atoms with van der Waals surface area (Å²) in [5.74, 6) is 0.332. The van der Waals surface area contributed by atoms with Crippen LogP contribution in [0.5, 0.6) is 0 Å². The molecule has 2 aliphatic rings. The summed E-state index contributed by atoms with van der Waals surface area (Å²) in [4.78, 5) is 17.0. The summed E-state index contributed by atoms with van der Waals surface area (Å²) < 4.78 is 0. The molecule has 0 aromatic heterocycles. The lowest BCUT2D eigenvalue weighted by Gasteiger charge is -2.39. The molecule has 2 heterocycles. The van der Waals surface area contributed by atoms with Crippen LogP contribution in [0.4, 0.5) is 0 Å². The number of piperidine rings is 2. The molecule has 0 saturated carbocycles. The molecule has 0 aliphatic carbocycles. The summed E-state index contributed by atoms with van der Waals surface area (Å²) in [7, 11) is 0. The monoisotopic (exact) mass is 253 g/mol. The fourth-order valence-electron chi connectivity index (χ4n) is 3.25. The van der Waals surface area contributed by atoms with Crippen LogP contribution in [-0.4, -0.2) is 54.0 Å². The van der Waals surface area contributed by atoms with Crippen LogP contribution < -0.4 is 5.73 Å². The largest absolute Gasteiger partial charge is 0.340 e. The van der Waals surface area contributed by atoms with Gasteiger partial charge in [0.2, 0.25) is 5.91 Å². The quantitative estimate of drug-likeness (QED) is 0.822. The lowest BCUT2D eigenvalue weighted by Crippen LogP contribution is -2.55. The standard InChI is InChI=1S/C14H27N3O/c1-2-8-16-9-4-3-7-13(16)14(18)17-10-5-6-12(15)11-17/h12-13H,2-11,15H2,1H3/t12-,13+/m1/s1. The Morgan fingerprint density at radius 2 is 2.06 bits per heavy atom. The average molecular weight is 253 g/mol. The summed E-state index contributed by atoms with van der Waals surface area (Å²) in [6, 6.07) is 0.315. The molecule has 2 aliphatic heterocycles. The van der Waals surface area contributed by atoms with Crippen molar-refractivity contribution in [2.24, 2.45) is 5.73 Å². The van der Waals surface area contributed by atoms with E-state index in [1.807, 2.05) is 4.90 Å². The third kappa shape index (κ3) is 3.23. The van der Waals surface area contributed by atoms with Gasteiger partial charge in [-0.3, -0.25) is 9.69 Å². The van der Waals surface area contributed by atoms with Gasteiger partial charge in [-0.1, -0.05) is 13.3 Å². The highest BCUT2D eigenvalue weighted by Crippen LogP contribution is 2.21. The molecule has 2 rings (SSSR count). The first-order valence-corrected chi connectivity index (χ1v) is 7.50. The molecule has 0 spiro atoms. The van der Waals surface area contributed by atoms with Gasteiger partial charge in [-0.05, 0) is 45.2 Å². The molecule has 2 fully saturated rings. The third-order valence-corrected chi connectivity index (χ3v) is 4.18. The van der Waals surface area contributed by atoms with Gasteiger partial charge in [0.05, 0.1) is 6.04 Å². The van der Waals surface area contributed by atoms with E-state index in [9.17, 15) is 4.79 Å². The summed E-state index contributed by atoms with van der Waals surface area (Å²) in [5.41, 5.74) is 5.98. The van der Waals surface area contributed by atoms with Gasteiger partial charge in [0.25, 0.3) is 0 Å². The number of amides is 1. The zero-order valence-corrected chi connectivity index (χ0v) is 11.6. The highest BCUT2D eigenvalue weighted by Gasteiger charge is 2.32. The average Bonchev–Trinajstić information content (AvgIpc) is 2.39. The summed E-state index contributed by atoms with van der Waals surface area (Å²) in [6.45, 7) is 5.99. The van der Waals surface area contributed by atoms with Crippen molar-refractivity contribution in [3.63, 3.8) is 0 Å². The van der Waals surface area contributed by atoms with E-state index in [1.165, 1.54) is 12.8 Å².